The number of carbonyl (C=O) groups is 1. The molecule has 1 unspecified atom stereocenters. The number of rotatable bonds is 6. The molecule has 0 saturated carbocycles. The number of halogens is 2. The van der Waals surface area contributed by atoms with Gasteiger partial charge in [-0.2, -0.15) is 0 Å². The Kier molecular flexibility index (Phi) is 6.16. The van der Waals surface area contributed by atoms with Gasteiger partial charge in [0.25, 0.3) is 5.91 Å². The fourth-order valence-electron chi connectivity index (χ4n) is 4.63. The summed E-state index contributed by atoms with van der Waals surface area (Å²) in [6, 6.07) is 16.5. The largest absolute Gasteiger partial charge is 0.330 e. The minimum absolute atomic E-state index is 0.0334. The summed E-state index contributed by atoms with van der Waals surface area (Å²) in [4.78, 5) is 24.2. The lowest BCUT2D eigenvalue weighted by Gasteiger charge is -2.25. The van der Waals surface area contributed by atoms with E-state index in [1.165, 1.54) is 18.2 Å². The number of imidazole rings is 1. The molecule has 0 aliphatic carbocycles. The van der Waals surface area contributed by atoms with Crippen LogP contribution < -0.4 is 0 Å². The Bertz CT molecular complexity index is 1290. The maximum atomic E-state index is 14.2. The zero-order valence-electron chi connectivity index (χ0n) is 18.6. The Balaban J connectivity index is 1.49. The number of benzene rings is 2. The molecule has 1 fully saturated rings. The number of amides is 1. The maximum absolute atomic E-state index is 14.2. The van der Waals surface area contributed by atoms with Gasteiger partial charge in [-0.25, -0.2) is 13.8 Å². The molecule has 7 heteroatoms. The lowest BCUT2D eigenvalue weighted by Crippen LogP contribution is -2.32. The number of hydrogen-bond donors (Lipinski definition) is 0. The smallest absolute Gasteiger partial charge is 0.273 e. The Morgan fingerprint density at radius 2 is 1.74 bits per heavy atom. The summed E-state index contributed by atoms with van der Waals surface area (Å²) in [6.07, 6.45) is 7.69. The van der Waals surface area contributed by atoms with Crippen LogP contribution >= 0.6 is 0 Å². The van der Waals surface area contributed by atoms with E-state index in [2.05, 4.69) is 9.97 Å². The van der Waals surface area contributed by atoms with Gasteiger partial charge in [0, 0.05) is 31.0 Å². The molecule has 2 aromatic carbocycles. The molecule has 3 heterocycles. The predicted molar refractivity (Wildman–Crippen MR) is 125 cm³/mol. The quantitative estimate of drug-likeness (QED) is 0.394. The minimum atomic E-state index is -0.359. The maximum Gasteiger partial charge on any atom is 0.273 e. The molecule has 4 aromatic rings. The molecule has 0 radical (unpaired) electrons. The second-order valence-electron chi connectivity index (χ2n) is 8.40. The molecule has 1 atom stereocenters. The minimum Gasteiger partial charge on any atom is -0.330 e. The van der Waals surface area contributed by atoms with E-state index < -0.39 is 0 Å². The van der Waals surface area contributed by atoms with Crippen molar-refractivity contribution in [1.29, 1.82) is 0 Å². The summed E-state index contributed by atoms with van der Waals surface area (Å²) in [5, 5.41) is 0. The molecule has 0 N–H and O–H groups in total. The van der Waals surface area contributed by atoms with Crippen molar-refractivity contribution < 1.29 is 13.6 Å². The third kappa shape index (κ3) is 4.33. The van der Waals surface area contributed by atoms with Crippen molar-refractivity contribution in [2.24, 2.45) is 0 Å². The second kappa shape index (κ2) is 9.55. The molecule has 1 amide bonds. The summed E-state index contributed by atoms with van der Waals surface area (Å²) < 4.78 is 29.6. The average Bonchev–Trinajstić information content (AvgIpc) is 3.52. The highest BCUT2D eigenvalue weighted by Gasteiger charge is 2.33. The van der Waals surface area contributed by atoms with Gasteiger partial charge < -0.3 is 4.90 Å². The Hall–Kier alpha value is -3.87. The number of aryl methyl sites for hydroxylation is 2. The van der Waals surface area contributed by atoms with Gasteiger partial charge in [-0.05, 0) is 72.9 Å². The van der Waals surface area contributed by atoms with Crippen LogP contribution in [0.4, 0.5) is 8.78 Å². The van der Waals surface area contributed by atoms with Crippen LogP contribution in [0.2, 0.25) is 0 Å². The molecule has 1 saturated heterocycles. The fraction of sp³-hybridized carbons (Fsp3) is 0.222. The SMILES string of the molecule is O=C(c1cnc(CCc2ccccc2F)n1-c1ccc(F)cc1)N1CCCC1c1ccncc1. The third-order valence-electron chi connectivity index (χ3n) is 6.32. The van der Waals surface area contributed by atoms with Crippen LogP contribution in [0.5, 0.6) is 0 Å². The van der Waals surface area contributed by atoms with E-state index in [4.69, 9.17) is 0 Å². The standard InChI is InChI=1S/C27H24F2N4O/c28-21-8-10-22(11-9-21)33-25(18-31-26(33)12-7-19-4-1-2-5-23(19)29)27(34)32-17-3-6-24(32)20-13-15-30-16-14-20/h1-2,4-5,8-11,13-16,18,24H,3,6-7,12,17H2. The van der Waals surface area contributed by atoms with Crippen LogP contribution in [0, 0.1) is 11.6 Å². The monoisotopic (exact) mass is 458 g/mol. The Morgan fingerprint density at radius 1 is 0.971 bits per heavy atom. The number of carbonyl (C=O) groups excluding carboxylic acids is 1. The van der Waals surface area contributed by atoms with E-state index in [0.717, 1.165) is 18.4 Å². The molecule has 0 spiro atoms. The molecule has 2 aromatic heterocycles. The van der Waals surface area contributed by atoms with Gasteiger partial charge in [-0.15, -0.1) is 0 Å². The van der Waals surface area contributed by atoms with Crippen molar-refractivity contribution in [1.82, 2.24) is 19.4 Å². The highest BCUT2D eigenvalue weighted by atomic mass is 19.1. The van der Waals surface area contributed by atoms with Crippen molar-refractivity contribution >= 4 is 5.91 Å². The highest BCUT2D eigenvalue weighted by molar-refractivity contribution is 5.93. The van der Waals surface area contributed by atoms with Crippen LogP contribution in [0.15, 0.2) is 79.3 Å². The Labute approximate surface area is 196 Å². The molecule has 172 valence electrons. The Morgan fingerprint density at radius 3 is 2.50 bits per heavy atom. The van der Waals surface area contributed by atoms with Crippen LogP contribution in [0.3, 0.4) is 0 Å². The fourth-order valence-corrected chi connectivity index (χ4v) is 4.63. The molecule has 5 nitrogen and oxygen atoms in total. The number of hydrogen-bond acceptors (Lipinski definition) is 3. The van der Waals surface area contributed by atoms with Crippen molar-refractivity contribution in [2.45, 2.75) is 31.7 Å². The summed E-state index contributed by atoms with van der Waals surface area (Å²) in [6.45, 7) is 0.644. The molecule has 1 aliphatic heterocycles. The van der Waals surface area contributed by atoms with Crippen LogP contribution in [0.1, 0.15) is 46.3 Å². The number of nitrogens with zero attached hydrogens (tertiary/aromatic N) is 4. The lowest BCUT2D eigenvalue weighted by molar-refractivity contribution is 0.0727. The van der Waals surface area contributed by atoms with Crippen molar-refractivity contribution in [3.05, 3.63) is 114 Å². The van der Waals surface area contributed by atoms with Gasteiger partial charge in [0.1, 0.15) is 23.2 Å². The summed E-state index contributed by atoms with van der Waals surface area (Å²) in [5.74, 6) is -0.135. The first-order chi connectivity index (χ1) is 16.6. The lowest BCUT2D eigenvalue weighted by atomic mass is 10.1. The number of aromatic nitrogens is 3. The van der Waals surface area contributed by atoms with E-state index in [1.807, 2.05) is 17.0 Å². The van der Waals surface area contributed by atoms with Crippen molar-refractivity contribution in [2.75, 3.05) is 6.54 Å². The highest BCUT2D eigenvalue weighted by Crippen LogP contribution is 2.33. The van der Waals surface area contributed by atoms with E-state index in [0.29, 0.717) is 42.2 Å². The number of likely N-dealkylation sites (tertiary alicyclic amines) is 1. The van der Waals surface area contributed by atoms with Gasteiger partial charge in [-0.3, -0.25) is 14.3 Å². The summed E-state index contributed by atoms with van der Waals surface area (Å²) in [7, 11) is 0. The summed E-state index contributed by atoms with van der Waals surface area (Å²) in [5.41, 5.74) is 2.69. The molecular formula is C27H24F2N4O. The van der Waals surface area contributed by atoms with Crippen LogP contribution in [-0.4, -0.2) is 31.9 Å². The van der Waals surface area contributed by atoms with Crippen molar-refractivity contribution in [3.8, 4) is 5.69 Å². The number of pyridine rings is 1. The molecule has 0 bridgehead atoms. The normalized spacial score (nSPS) is 15.6. The summed E-state index contributed by atoms with van der Waals surface area (Å²) >= 11 is 0. The zero-order valence-corrected chi connectivity index (χ0v) is 18.6. The topological polar surface area (TPSA) is 51.0 Å². The van der Waals surface area contributed by atoms with Gasteiger partial charge in [0.2, 0.25) is 0 Å². The molecule has 34 heavy (non-hydrogen) atoms. The van der Waals surface area contributed by atoms with Crippen LogP contribution in [-0.2, 0) is 12.8 Å². The first-order valence-corrected chi connectivity index (χ1v) is 11.4. The average molecular weight is 459 g/mol. The van der Waals surface area contributed by atoms with Gasteiger partial charge in [0.15, 0.2) is 0 Å². The van der Waals surface area contributed by atoms with Crippen molar-refractivity contribution in [3.63, 3.8) is 0 Å². The first kappa shape index (κ1) is 21.9. The third-order valence-corrected chi connectivity index (χ3v) is 6.32. The van der Waals surface area contributed by atoms with Gasteiger partial charge in [-0.1, -0.05) is 18.2 Å². The van der Waals surface area contributed by atoms with E-state index in [1.54, 1.807) is 53.5 Å². The van der Waals surface area contributed by atoms with Gasteiger partial charge >= 0.3 is 0 Å². The molecular weight excluding hydrogens is 434 g/mol. The predicted octanol–water partition coefficient (Wildman–Crippen LogP) is 5.31. The van der Waals surface area contributed by atoms with E-state index in [9.17, 15) is 13.6 Å². The van der Waals surface area contributed by atoms with E-state index >= 15 is 0 Å². The van der Waals surface area contributed by atoms with E-state index in [-0.39, 0.29) is 23.6 Å². The first-order valence-electron chi connectivity index (χ1n) is 11.4. The van der Waals surface area contributed by atoms with Gasteiger partial charge in [0.05, 0.1) is 12.2 Å². The molecule has 5 rings (SSSR count). The molecule has 1 aliphatic rings. The zero-order chi connectivity index (χ0) is 23.5. The van der Waals surface area contributed by atoms with Crippen LogP contribution in [0.25, 0.3) is 5.69 Å². The second-order valence-corrected chi connectivity index (χ2v) is 8.40.